The number of hydrogen-bond acceptors (Lipinski definition) is 4. The summed E-state index contributed by atoms with van der Waals surface area (Å²) >= 11 is 0. The molecule has 1 aromatic rings. The van der Waals surface area contributed by atoms with Crippen molar-refractivity contribution in [2.45, 2.75) is 26.3 Å². The monoisotopic (exact) mass is 422 g/mol. The third-order valence-corrected chi connectivity index (χ3v) is 6.10. The fourth-order valence-electron chi connectivity index (χ4n) is 4.29. The van der Waals surface area contributed by atoms with Crippen LogP contribution < -0.4 is 15.5 Å². The minimum absolute atomic E-state index is 0.179. The zero-order valence-electron chi connectivity index (χ0n) is 18.5. The first-order chi connectivity index (χ1) is 14.5. The number of guanidine groups is 1. The molecule has 1 aromatic carbocycles. The number of halogens is 2. The topological polar surface area (TPSA) is 46.1 Å². The number of rotatable bonds is 7. The zero-order chi connectivity index (χ0) is 21.5. The number of hydrogen-bond donors (Lipinski definition) is 2. The second kappa shape index (κ2) is 10.9. The van der Waals surface area contributed by atoms with Crippen molar-refractivity contribution in [3.05, 3.63) is 29.8 Å². The third-order valence-electron chi connectivity index (χ3n) is 6.10. The van der Waals surface area contributed by atoms with Crippen LogP contribution in [0.5, 0.6) is 0 Å². The fourth-order valence-corrected chi connectivity index (χ4v) is 4.29. The summed E-state index contributed by atoms with van der Waals surface area (Å²) in [5, 5.41) is 6.89. The number of aliphatic imine (C=N–C) groups is 1. The molecule has 0 saturated carbocycles. The van der Waals surface area contributed by atoms with Gasteiger partial charge in [-0.15, -0.1) is 0 Å². The number of nitrogens with zero attached hydrogens (tertiary/aromatic N) is 4. The lowest BCUT2D eigenvalue weighted by molar-refractivity contribution is 0.124. The summed E-state index contributed by atoms with van der Waals surface area (Å²) in [6.07, 6.45) is 0.884. The molecule has 30 heavy (non-hydrogen) atoms. The Morgan fingerprint density at radius 2 is 1.90 bits per heavy atom. The van der Waals surface area contributed by atoms with Gasteiger partial charge in [0, 0.05) is 71.5 Å². The normalized spacial score (nSPS) is 22.4. The van der Waals surface area contributed by atoms with Crippen molar-refractivity contribution in [1.29, 1.82) is 0 Å². The SMILES string of the molecule is CCN1CCN(CC(C)CNC(=NC)NC2CCN(c3ccc(F)cc3F)C2)CC1. The summed E-state index contributed by atoms with van der Waals surface area (Å²) in [5.41, 5.74) is 0.459. The maximum absolute atomic E-state index is 14.1. The van der Waals surface area contributed by atoms with Gasteiger partial charge in [-0.1, -0.05) is 13.8 Å². The van der Waals surface area contributed by atoms with E-state index in [1.807, 2.05) is 4.90 Å². The molecule has 0 spiro atoms. The van der Waals surface area contributed by atoms with E-state index in [4.69, 9.17) is 0 Å². The summed E-state index contributed by atoms with van der Waals surface area (Å²) in [4.78, 5) is 11.3. The Morgan fingerprint density at radius 1 is 1.17 bits per heavy atom. The molecule has 2 saturated heterocycles. The molecule has 2 unspecified atom stereocenters. The summed E-state index contributed by atoms with van der Waals surface area (Å²) < 4.78 is 27.2. The molecular weight excluding hydrogens is 386 g/mol. The Morgan fingerprint density at radius 3 is 2.57 bits per heavy atom. The Kier molecular flexibility index (Phi) is 8.27. The Balaban J connectivity index is 1.40. The number of nitrogens with one attached hydrogen (secondary N) is 2. The van der Waals surface area contributed by atoms with Crippen LogP contribution in [0.4, 0.5) is 14.5 Å². The summed E-state index contributed by atoms with van der Waals surface area (Å²) in [6.45, 7) is 13.6. The van der Waals surface area contributed by atoms with E-state index < -0.39 is 11.6 Å². The van der Waals surface area contributed by atoms with Gasteiger partial charge in [-0.3, -0.25) is 4.99 Å². The van der Waals surface area contributed by atoms with E-state index in [1.165, 1.54) is 12.1 Å². The maximum atomic E-state index is 14.1. The molecule has 0 aliphatic carbocycles. The van der Waals surface area contributed by atoms with E-state index in [-0.39, 0.29) is 6.04 Å². The molecule has 168 valence electrons. The largest absolute Gasteiger partial charge is 0.367 e. The standard InChI is InChI=1S/C22H36F2N6/c1-4-28-9-11-29(12-10-28)15-17(2)14-26-22(25-3)27-19-7-8-30(16-19)21-6-5-18(23)13-20(21)24/h5-6,13,17,19H,4,7-12,14-16H2,1-3H3,(H2,25,26,27). The van der Waals surface area contributed by atoms with Gasteiger partial charge in [-0.2, -0.15) is 0 Å². The first kappa shape index (κ1) is 22.7. The zero-order valence-corrected chi connectivity index (χ0v) is 18.5. The van der Waals surface area contributed by atoms with E-state index in [2.05, 4.69) is 39.3 Å². The molecule has 2 aliphatic rings. The highest BCUT2D eigenvalue weighted by Crippen LogP contribution is 2.24. The van der Waals surface area contributed by atoms with Crippen LogP contribution in [0.25, 0.3) is 0 Å². The van der Waals surface area contributed by atoms with Gasteiger partial charge in [-0.05, 0) is 31.0 Å². The smallest absolute Gasteiger partial charge is 0.191 e. The number of piperazine rings is 1. The van der Waals surface area contributed by atoms with Gasteiger partial charge in [-0.25, -0.2) is 8.78 Å². The fraction of sp³-hybridized carbons (Fsp3) is 0.682. The predicted molar refractivity (Wildman–Crippen MR) is 119 cm³/mol. The molecule has 2 fully saturated rings. The van der Waals surface area contributed by atoms with Crippen molar-refractivity contribution in [1.82, 2.24) is 20.4 Å². The van der Waals surface area contributed by atoms with Gasteiger partial charge < -0.3 is 25.3 Å². The van der Waals surface area contributed by atoms with E-state index in [0.29, 0.717) is 18.2 Å². The van der Waals surface area contributed by atoms with Crippen LogP contribution in [0.1, 0.15) is 20.3 Å². The van der Waals surface area contributed by atoms with Crippen molar-refractivity contribution < 1.29 is 8.78 Å². The second-order valence-electron chi connectivity index (χ2n) is 8.46. The molecule has 0 bridgehead atoms. The quantitative estimate of drug-likeness (QED) is 0.520. The number of likely N-dealkylation sites (N-methyl/N-ethyl adjacent to an activating group) is 1. The molecular formula is C22H36F2N6. The summed E-state index contributed by atoms with van der Waals surface area (Å²) in [6, 6.07) is 3.95. The Bertz CT molecular complexity index is 705. The highest BCUT2D eigenvalue weighted by molar-refractivity contribution is 5.80. The van der Waals surface area contributed by atoms with Crippen LogP contribution in [0.3, 0.4) is 0 Å². The van der Waals surface area contributed by atoms with Crippen molar-refractivity contribution in [3.8, 4) is 0 Å². The Hall–Kier alpha value is -1.93. The number of benzene rings is 1. The lowest BCUT2D eigenvalue weighted by atomic mass is 10.1. The lowest BCUT2D eigenvalue weighted by Crippen LogP contribution is -2.49. The summed E-state index contributed by atoms with van der Waals surface area (Å²) in [5.74, 6) is 0.247. The highest BCUT2D eigenvalue weighted by atomic mass is 19.1. The highest BCUT2D eigenvalue weighted by Gasteiger charge is 2.25. The van der Waals surface area contributed by atoms with Gasteiger partial charge in [0.05, 0.1) is 5.69 Å². The minimum Gasteiger partial charge on any atom is -0.367 e. The van der Waals surface area contributed by atoms with E-state index >= 15 is 0 Å². The van der Waals surface area contributed by atoms with Gasteiger partial charge in [0.2, 0.25) is 0 Å². The van der Waals surface area contributed by atoms with Gasteiger partial charge in [0.1, 0.15) is 11.6 Å². The van der Waals surface area contributed by atoms with Crippen LogP contribution in [-0.4, -0.2) is 87.8 Å². The van der Waals surface area contributed by atoms with Crippen molar-refractivity contribution in [2.75, 3.05) is 70.9 Å². The molecule has 2 aliphatic heterocycles. The Labute approximate surface area is 179 Å². The first-order valence-electron chi connectivity index (χ1n) is 11.1. The van der Waals surface area contributed by atoms with Gasteiger partial charge >= 0.3 is 0 Å². The average molecular weight is 423 g/mol. The maximum Gasteiger partial charge on any atom is 0.191 e. The van der Waals surface area contributed by atoms with Crippen LogP contribution in [0.2, 0.25) is 0 Å². The van der Waals surface area contributed by atoms with Gasteiger partial charge in [0.15, 0.2) is 5.96 Å². The molecule has 2 N–H and O–H groups in total. The van der Waals surface area contributed by atoms with Gasteiger partial charge in [0.25, 0.3) is 0 Å². The van der Waals surface area contributed by atoms with Crippen molar-refractivity contribution >= 4 is 11.6 Å². The first-order valence-corrected chi connectivity index (χ1v) is 11.1. The molecule has 0 amide bonds. The van der Waals surface area contributed by atoms with Crippen molar-refractivity contribution in [3.63, 3.8) is 0 Å². The molecule has 3 rings (SSSR count). The molecule has 0 aromatic heterocycles. The van der Waals surface area contributed by atoms with Crippen LogP contribution in [-0.2, 0) is 0 Å². The molecule has 0 radical (unpaired) electrons. The van der Waals surface area contributed by atoms with E-state index in [0.717, 1.165) is 70.8 Å². The molecule has 2 heterocycles. The van der Waals surface area contributed by atoms with E-state index in [9.17, 15) is 8.78 Å². The average Bonchev–Trinajstić information content (AvgIpc) is 3.19. The van der Waals surface area contributed by atoms with Crippen LogP contribution >= 0.6 is 0 Å². The summed E-state index contributed by atoms with van der Waals surface area (Å²) in [7, 11) is 1.77. The minimum atomic E-state index is -0.545. The second-order valence-corrected chi connectivity index (χ2v) is 8.46. The van der Waals surface area contributed by atoms with Crippen LogP contribution in [0, 0.1) is 17.6 Å². The lowest BCUT2D eigenvalue weighted by Gasteiger charge is -2.35. The number of anilines is 1. The molecule has 2 atom stereocenters. The van der Waals surface area contributed by atoms with Crippen molar-refractivity contribution in [2.24, 2.45) is 10.9 Å². The predicted octanol–water partition coefficient (Wildman–Crippen LogP) is 1.98. The third kappa shape index (κ3) is 6.28. The molecule has 6 nitrogen and oxygen atoms in total. The molecule has 8 heteroatoms. The van der Waals surface area contributed by atoms with Crippen LogP contribution in [0.15, 0.2) is 23.2 Å². The van der Waals surface area contributed by atoms with E-state index in [1.54, 1.807) is 7.05 Å².